The minimum absolute atomic E-state index is 0.251. The van der Waals surface area contributed by atoms with Gasteiger partial charge in [-0.05, 0) is 12.1 Å². The summed E-state index contributed by atoms with van der Waals surface area (Å²) in [5, 5.41) is 16.4. The minimum Gasteiger partial charge on any atom is -0.450 e. The number of aromatic nitrogens is 3. The minimum atomic E-state index is 0.251. The number of nitrogens with zero attached hydrogens (tertiary/aromatic N) is 4. The molecular weight excluding hydrogens is 268 g/mol. The molecule has 0 saturated heterocycles. The van der Waals surface area contributed by atoms with Crippen molar-refractivity contribution in [2.24, 2.45) is 0 Å². The first-order valence-corrected chi connectivity index (χ1v) is 6.21. The third-order valence-corrected chi connectivity index (χ3v) is 3.05. The third-order valence-electron chi connectivity index (χ3n) is 3.05. The third kappa shape index (κ3) is 2.08. The van der Waals surface area contributed by atoms with Gasteiger partial charge in [0, 0.05) is 13.2 Å². The van der Waals surface area contributed by atoms with Crippen LogP contribution in [-0.2, 0) is 0 Å². The predicted molar refractivity (Wildman–Crippen MR) is 78.2 cm³/mol. The van der Waals surface area contributed by atoms with Gasteiger partial charge in [0.1, 0.15) is 23.0 Å². The number of nitriles is 1. The van der Waals surface area contributed by atoms with Crippen LogP contribution in [0.2, 0.25) is 0 Å². The number of pyridine rings is 2. The molecular formula is C14H12N6O. The fourth-order valence-electron chi connectivity index (χ4n) is 2.06. The molecule has 0 aliphatic heterocycles. The van der Waals surface area contributed by atoms with Gasteiger partial charge in [0.2, 0.25) is 0 Å². The van der Waals surface area contributed by atoms with Gasteiger partial charge in [-0.15, -0.1) is 0 Å². The zero-order valence-corrected chi connectivity index (χ0v) is 11.2. The number of nitrogens with two attached hydrogens (primary N) is 1. The average Bonchev–Trinajstić information content (AvgIpc) is 2.92. The molecule has 104 valence electrons. The van der Waals surface area contributed by atoms with Crippen molar-refractivity contribution >= 4 is 17.0 Å². The number of rotatable bonds is 3. The molecule has 3 aromatic heterocycles. The highest BCUT2D eigenvalue weighted by Crippen LogP contribution is 2.33. The van der Waals surface area contributed by atoms with E-state index in [4.69, 9.17) is 10.5 Å². The molecule has 0 aliphatic carbocycles. The van der Waals surface area contributed by atoms with Gasteiger partial charge in [0.05, 0.1) is 18.1 Å². The molecule has 21 heavy (non-hydrogen) atoms. The monoisotopic (exact) mass is 280 g/mol. The summed E-state index contributed by atoms with van der Waals surface area (Å²) in [4.78, 5) is 4.03. The number of fused-ring (bicyclic) bond motifs is 1. The lowest BCUT2D eigenvalue weighted by atomic mass is 10.2. The van der Waals surface area contributed by atoms with Gasteiger partial charge in [0.15, 0.2) is 11.5 Å². The molecule has 3 heterocycles. The Hall–Kier alpha value is -3.27. The Morgan fingerprint density at radius 2 is 2.19 bits per heavy atom. The van der Waals surface area contributed by atoms with Crippen molar-refractivity contribution in [3.8, 4) is 17.6 Å². The van der Waals surface area contributed by atoms with Gasteiger partial charge in [-0.2, -0.15) is 10.4 Å². The summed E-state index contributed by atoms with van der Waals surface area (Å²) in [5.41, 5.74) is 7.30. The Bertz CT molecular complexity index is 848. The molecule has 0 bridgehead atoms. The number of hydrogen-bond acceptors (Lipinski definition) is 6. The van der Waals surface area contributed by atoms with Crippen LogP contribution in [0.5, 0.6) is 11.5 Å². The maximum atomic E-state index is 9.32. The Balaban J connectivity index is 2.08. The number of nitrogens with one attached hydrogen (secondary N) is 1. The van der Waals surface area contributed by atoms with Gasteiger partial charge >= 0.3 is 0 Å². The molecule has 0 amide bonds. The predicted octanol–water partition coefficient (Wildman–Crippen LogP) is 2.02. The molecule has 7 nitrogen and oxygen atoms in total. The second-order valence-electron chi connectivity index (χ2n) is 4.26. The largest absolute Gasteiger partial charge is 0.450 e. The molecule has 0 atom stereocenters. The van der Waals surface area contributed by atoms with Crippen molar-refractivity contribution < 1.29 is 4.74 Å². The van der Waals surface area contributed by atoms with Crippen LogP contribution >= 0.6 is 0 Å². The Morgan fingerprint density at radius 1 is 1.33 bits per heavy atom. The first-order valence-electron chi connectivity index (χ1n) is 6.21. The van der Waals surface area contributed by atoms with Crippen LogP contribution < -0.4 is 15.8 Å². The van der Waals surface area contributed by atoms with Gasteiger partial charge in [0.25, 0.3) is 0 Å². The van der Waals surface area contributed by atoms with Gasteiger partial charge in [-0.1, -0.05) is 6.07 Å². The van der Waals surface area contributed by atoms with E-state index in [0.717, 1.165) is 5.52 Å². The van der Waals surface area contributed by atoms with Crippen molar-refractivity contribution in [1.29, 1.82) is 5.26 Å². The lowest BCUT2D eigenvalue weighted by Gasteiger charge is -2.11. The summed E-state index contributed by atoms with van der Waals surface area (Å²) in [7, 11) is 1.67. The number of ether oxygens (including phenoxy) is 1. The maximum Gasteiger partial charge on any atom is 0.173 e. The van der Waals surface area contributed by atoms with Crippen LogP contribution in [-0.4, -0.2) is 21.6 Å². The zero-order chi connectivity index (χ0) is 14.8. The number of hydrogen-bond donors (Lipinski definition) is 2. The normalized spacial score (nSPS) is 10.3. The van der Waals surface area contributed by atoms with Crippen LogP contribution in [0, 0.1) is 11.3 Å². The van der Waals surface area contributed by atoms with E-state index in [9.17, 15) is 5.26 Å². The lowest BCUT2D eigenvalue weighted by molar-refractivity contribution is 0.484. The van der Waals surface area contributed by atoms with E-state index >= 15 is 0 Å². The summed E-state index contributed by atoms with van der Waals surface area (Å²) in [6.07, 6.45) is 4.83. The molecule has 0 radical (unpaired) electrons. The highest BCUT2D eigenvalue weighted by atomic mass is 16.5. The Kier molecular flexibility index (Phi) is 3.04. The van der Waals surface area contributed by atoms with Crippen LogP contribution in [0.4, 0.5) is 11.5 Å². The number of anilines is 2. The lowest BCUT2D eigenvalue weighted by Crippen LogP contribution is -2.03. The molecule has 0 saturated carbocycles. The maximum absolute atomic E-state index is 9.32. The van der Waals surface area contributed by atoms with Gasteiger partial charge < -0.3 is 15.8 Å². The standard InChI is InChI=1S/C14H12N6O/c1-17-13-9(6-15)11(7-18-14(13)16)21-12-8-19-20-5-3-2-4-10(12)20/h2-5,7-8,17H,1H3,(H2,16,18). The summed E-state index contributed by atoms with van der Waals surface area (Å²) < 4.78 is 7.47. The highest BCUT2D eigenvalue weighted by molar-refractivity contribution is 5.74. The molecule has 3 N–H and O–H groups in total. The van der Waals surface area contributed by atoms with Crippen LogP contribution in [0.15, 0.2) is 36.8 Å². The second-order valence-corrected chi connectivity index (χ2v) is 4.26. The average molecular weight is 280 g/mol. The summed E-state index contributed by atoms with van der Waals surface area (Å²) >= 11 is 0. The topological polar surface area (TPSA) is 101 Å². The summed E-state index contributed by atoms with van der Waals surface area (Å²) in [6, 6.07) is 7.71. The highest BCUT2D eigenvalue weighted by Gasteiger charge is 2.15. The van der Waals surface area contributed by atoms with E-state index in [0.29, 0.717) is 22.7 Å². The molecule has 3 aromatic rings. The van der Waals surface area contributed by atoms with Gasteiger partial charge in [-0.3, -0.25) is 0 Å². The number of nitrogen functional groups attached to an aromatic ring is 1. The fourth-order valence-corrected chi connectivity index (χ4v) is 2.06. The fraction of sp³-hybridized carbons (Fsp3) is 0.0714. The first kappa shape index (κ1) is 12.7. The van der Waals surface area contributed by atoms with Crippen molar-refractivity contribution in [3.05, 3.63) is 42.4 Å². The SMILES string of the molecule is CNc1c(N)ncc(Oc2cnn3ccccc23)c1C#N. The smallest absolute Gasteiger partial charge is 0.173 e. The molecule has 0 aromatic carbocycles. The van der Waals surface area contributed by atoms with E-state index in [2.05, 4.69) is 21.5 Å². The van der Waals surface area contributed by atoms with E-state index in [1.54, 1.807) is 17.8 Å². The quantitative estimate of drug-likeness (QED) is 0.761. The molecule has 7 heteroatoms. The molecule has 0 aliphatic rings. The Morgan fingerprint density at radius 3 is 2.95 bits per heavy atom. The molecule has 3 rings (SSSR count). The van der Waals surface area contributed by atoms with E-state index in [1.165, 1.54) is 6.20 Å². The Labute approximate surface area is 120 Å². The van der Waals surface area contributed by atoms with Crippen molar-refractivity contribution in [1.82, 2.24) is 14.6 Å². The zero-order valence-electron chi connectivity index (χ0n) is 11.2. The van der Waals surface area contributed by atoms with Crippen molar-refractivity contribution in [3.63, 3.8) is 0 Å². The van der Waals surface area contributed by atoms with E-state index < -0.39 is 0 Å². The molecule has 0 spiro atoms. The van der Waals surface area contributed by atoms with Crippen molar-refractivity contribution in [2.75, 3.05) is 18.1 Å². The first-order chi connectivity index (χ1) is 10.2. The molecule has 0 fully saturated rings. The molecule has 0 unspecified atom stereocenters. The van der Waals surface area contributed by atoms with E-state index in [1.807, 2.05) is 24.4 Å². The van der Waals surface area contributed by atoms with Gasteiger partial charge in [-0.25, -0.2) is 9.50 Å². The van der Waals surface area contributed by atoms with Crippen LogP contribution in [0.3, 0.4) is 0 Å². The van der Waals surface area contributed by atoms with Crippen LogP contribution in [0.25, 0.3) is 5.52 Å². The second kappa shape index (κ2) is 5.02. The van der Waals surface area contributed by atoms with E-state index in [-0.39, 0.29) is 5.82 Å². The van der Waals surface area contributed by atoms with Crippen LogP contribution in [0.1, 0.15) is 5.56 Å². The van der Waals surface area contributed by atoms with Crippen molar-refractivity contribution in [2.45, 2.75) is 0 Å². The summed E-state index contributed by atoms with van der Waals surface area (Å²) in [6.45, 7) is 0. The summed E-state index contributed by atoms with van der Waals surface area (Å²) in [5.74, 6) is 1.12.